The number of carbonyl (C=O) groups excluding carboxylic acids is 2. The summed E-state index contributed by atoms with van der Waals surface area (Å²) in [7, 11) is 0. The number of nitrogens with one attached hydrogen (secondary N) is 2. The van der Waals surface area contributed by atoms with Gasteiger partial charge in [-0.05, 0) is 43.7 Å². The first kappa shape index (κ1) is 18.9. The molecule has 5 nitrogen and oxygen atoms in total. The summed E-state index contributed by atoms with van der Waals surface area (Å²) in [6.45, 7) is 3.68. The molecule has 7 heteroatoms. The van der Waals surface area contributed by atoms with E-state index in [0.29, 0.717) is 17.8 Å². The number of thiophene rings is 1. The fourth-order valence-electron chi connectivity index (χ4n) is 2.61. The zero-order valence-corrected chi connectivity index (χ0v) is 16.2. The van der Waals surface area contributed by atoms with Crippen LogP contribution in [-0.2, 0) is 11.3 Å². The third-order valence-corrected chi connectivity index (χ3v) is 5.40. The zero-order valence-electron chi connectivity index (χ0n) is 14.6. The van der Waals surface area contributed by atoms with Gasteiger partial charge in [-0.3, -0.25) is 14.5 Å². The van der Waals surface area contributed by atoms with Crippen LogP contribution in [0.4, 0.5) is 5.69 Å². The van der Waals surface area contributed by atoms with Crippen LogP contribution in [0.2, 0.25) is 4.34 Å². The lowest BCUT2D eigenvalue weighted by Gasteiger charge is -2.19. The standard InChI is InChI=1S/C19H22ClN3O2S/c1-2-23(11-14-9-10-17(20)26-14)12-18(24)22-16-6-4-3-5-15(16)19(25)21-13-7-8-13/h3-6,9-10,13H,2,7-8,11-12H2,1H3,(H,21,25)(H,22,24). The predicted octanol–water partition coefficient (Wildman–Crippen LogP) is 3.75. The van der Waals surface area contributed by atoms with Crippen LogP contribution in [-0.4, -0.2) is 35.8 Å². The van der Waals surface area contributed by atoms with Gasteiger partial charge in [0.05, 0.1) is 22.1 Å². The molecule has 1 aromatic heterocycles. The van der Waals surface area contributed by atoms with E-state index in [1.807, 2.05) is 30.0 Å². The highest BCUT2D eigenvalue weighted by Gasteiger charge is 2.25. The fraction of sp³-hybridized carbons (Fsp3) is 0.368. The maximum absolute atomic E-state index is 12.5. The molecular weight excluding hydrogens is 370 g/mol. The van der Waals surface area contributed by atoms with Gasteiger partial charge in [0.2, 0.25) is 5.91 Å². The van der Waals surface area contributed by atoms with Crippen molar-refractivity contribution in [3.63, 3.8) is 0 Å². The molecule has 3 rings (SSSR count). The number of nitrogens with zero attached hydrogens (tertiary/aromatic N) is 1. The number of para-hydroxylation sites is 1. The maximum Gasteiger partial charge on any atom is 0.253 e. The van der Waals surface area contributed by atoms with Crippen LogP contribution in [0.1, 0.15) is 35.0 Å². The minimum Gasteiger partial charge on any atom is -0.349 e. The summed E-state index contributed by atoms with van der Waals surface area (Å²) in [4.78, 5) is 28.0. The van der Waals surface area contributed by atoms with Gasteiger partial charge in [-0.15, -0.1) is 11.3 Å². The number of rotatable bonds is 8. The second-order valence-corrected chi connectivity index (χ2v) is 8.15. The van der Waals surface area contributed by atoms with Crippen molar-refractivity contribution in [1.82, 2.24) is 10.2 Å². The van der Waals surface area contributed by atoms with Crippen LogP contribution in [0.25, 0.3) is 0 Å². The summed E-state index contributed by atoms with van der Waals surface area (Å²) in [5, 5.41) is 5.84. The Balaban J connectivity index is 1.60. The Kier molecular flexibility index (Phi) is 6.29. The van der Waals surface area contributed by atoms with Crippen LogP contribution in [0, 0.1) is 0 Å². The molecule has 0 atom stereocenters. The number of likely N-dealkylation sites (N-methyl/N-ethyl adjacent to an activating group) is 1. The van der Waals surface area contributed by atoms with Gasteiger partial charge in [-0.2, -0.15) is 0 Å². The van der Waals surface area contributed by atoms with E-state index in [4.69, 9.17) is 11.6 Å². The summed E-state index contributed by atoms with van der Waals surface area (Å²) in [6.07, 6.45) is 2.05. The van der Waals surface area contributed by atoms with Gasteiger partial charge in [0, 0.05) is 17.5 Å². The molecule has 0 radical (unpaired) electrons. The first-order valence-electron chi connectivity index (χ1n) is 8.71. The number of benzene rings is 1. The zero-order chi connectivity index (χ0) is 18.5. The molecule has 2 N–H and O–H groups in total. The van der Waals surface area contributed by atoms with Crippen molar-refractivity contribution >= 4 is 40.4 Å². The van der Waals surface area contributed by atoms with Gasteiger partial charge in [-0.1, -0.05) is 30.7 Å². The van der Waals surface area contributed by atoms with Crippen LogP contribution >= 0.6 is 22.9 Å². The Morgan fingerprint density at radius 2 is 2.00 bits per heavy atom. The molecule has 2 amide bonds. The number of hydrogen-bond donors (Lipinski definition) is 2. The summed E-state index contributed by atoms with van der Waals surface area (Å²) in [5.41, 5.74) is 1.05. The predicted molar refractivity (Wildman–Crippen MR) is 106 cm³/mol. The number of halogens is 1. The molecule has 1 fully saturated rings. The van der Waals surface area contributed by atoms with E-state index in [9.17, 15) is 9.59 Å². The van der Waals surface area contributed by atoms with Crippen LogP contribution < -0.4 is 10.6 Å². The topological polar surface area (TPSA) is 61.4 Å². The number of anilines is 1. The molecular formula is C19H22ClN3O2S. The minimum absolute atomic E-state index is 0.135. The second-order valence-electron chi connectivity index (χ2n) is 6.35. The number of carbonyl (C=O) groups is 2. The molecule has 2 aromatic rings. The van der Waals surface area contributed by atoms with Crippen molar-refractivity contribution in [2.45, 2.75) is 32.4 Å². The Labute approximate surface area is 162 Å². The van der Waals surface area contributed by atoms with E-state index < -0.39 is 0 Å². The Hall–Kier alpha value is -1.89. The van der Waals surface area contributed by atoms with Crippen molar-refractivity contribution < 1.29 is 9.59 Å². The molecule has 1 aromatic carbocycles. The molecule has 1 saturated carbocycles. The molecule has 0 unspecified atom stereocenters. The highest BCUT2D eigenvalue weighted by molar-refractivity contribution is 7.16. The van der Waals surface area contributed by atoms with E-state index in [1.54, 1.807) is 18.2 Å². The first-order valence-corrected chi connectivity index (χ1v) is 9.91. The Morgan fingerprint density at radius 1 is 1.23 bits per heavy atom. The van der Waals surface area contributed by atoms with E-state index in [0.717, 1.165) is 28.6 Å². The van der Waals surface area contributed by atoms with E-state index in [1.165, 1.54) is 11.3 Å². The molecule has 0 bridgehead atoms. The molecule has 26 heavy (non-hydrogen) atoms. The lowest BCUT2D eigenvalue weighted by atomic mass is 10.1. The van der Waals surface area contributed by atoms with Crippen molar-refractivity contribution in [2.75, 3.05) is 18.4 Å². The summed E-state index contributed by atoms with van der Waals surface area (Å²) in [5.74, 6) is -0.273. The van der Waals surface area contributed by atoms with Crippen molar-refractivity contribution in [2.24, 2.45) is 0 Å². The number of amides is 2. The molecule has 1 aliphatic carbocycles. The largest absolute Gasteiger partial charge is 0.349 e. The minimum atomic E-state index is -0.138. The smallest absolute Gasteiger partial charge is 0.253 e. The van der Waals surface area contributed by atoms with Crippen LogP contribution in [0.3, 0.4) is 0 Å². The molecule has 1 heterocycles. The quantitative estimate of drug-likeness (QED) is 0.720. The van der Waals surface area contributed by atoms with Crippen LogP contribution in [0.15, 0.2) is 36.4 Å². The Morgan fingerprint density at radius 3 is 2.65 bits per heavy atom. The maximum atomic E-state index is 12.5. The lowest BCUT2D eigenvalue weighted by Crippen LogP contribution is -2.33. The summed E-state index contributed by atoms with van der Waals surface area (Å²) >= 11 is 7.49. The summed E-state index contributed by atoms with van der Waals surface area (Å²) in [6, 6.07) is 11.2. The van der Waals surface area contributed by atoms with Gasteiger partial charge in [0.15, 0.2) is 0 Å². The fourth-order valence-corrected chi connectivity index (χ4v) is 3.74. The van der Waals surface area contributed by atoms with Crippen molar-refractivity contribution in [1.29, 1.82) is 0 Å². The average molecular weight is 392 g/mol. The Bertz CT molecular complexity index is 789. The molecule has 0 spiro atoms. The summed E-state index contributed by atoms with van der Waals surface area (Å²) < 4.78 is 0.746. The van der Waals surface area contributed by atoms with Gasteiger partial charge >= 0.3 is 0 Å². The van der Waals surface area contributed by atoms with Crippen LogP contribution in [0.5, 0.6) is 0 Å². The monoisotopic (exact) mass is 391 g/mol. The molecule has 0 saturated heterocycles. The average Bonchev–Trinajstić information content (AvgIpc) is 3.34. The second kappa shape index (κ2) is 8.66. The van der Waals surface area contributed by atoms with Gasteiger partial charge in [-0.25, -0.2) is 0 Å². The first-order chi connectivity index (χ1) is 12.5. The van der Waals surface area contributed by atoms with Gasteiger partial charge in [0.1, 0.15) is 0 Å². The van der Waals surface area contributed by atoms with Gasteiger partial charge < -0.3 is 10.6 Å². The molecule has 138 valence electrons. The number of hydrogen-bond acceptors (Lipinski definition) is 4. The van der Waals surface area contributed by atoms with E-state index in [2.05, 4.69) is 10.6 Å². The third-order valence-electron chi connectivity index (χ3n) is 4.18. The SMILES string of the molecule is CCN(CC(=O)Nc1ccccc1C(=O)NC1CC1)Cc1ccc(Cl)s1. The highest BCUT2D eigenvalue weighted by atomic mass is 35.5. The lowest BCUT2D eigenvalue weighted by molar-refractivity contribution is -0.117. The van der Waals surface area contributed by atoms with Gasteiger partial charge in [0.25, 0.3) is 5.91 Å². The third kappa shape index (κ3) is 5.30. The highest BCUT2D eigenvalue weighted by Crippen LogP contribution is 2.23. The molecule has 1 aliphatic rings. The van der Waals surface area contributed by atoms with Crippen molar-refractivity contribution in [3.05, 3.63) is 51.2 Å². The van der Waals surface area contributed by atoms with Crippen molar-refractivity contribution in [3.8, 4) is 0 Å². The normalized spacial score (nSPS) is 13.7. The molecule has 0 aliphatic heterocycles. The van der Waals surface area contributed by atoms with E-state index >= 15 is 0 Å². The van der Waals surface area contributed by atoms with E-state index in [-0.39, 0.29) is 24.4 Å².